The first-order valence-corrected chi connectivity index (χ1v) is 6.94. The van der Waals surface area contributed by atoms with Gasteiger partial charge < -0.3 is 19.9 Å². The Bertz CT molecular complexity index is 327. The lowest BCUT2D eigenvalue weighted by Gasteiger charge is -2.22. The van der Waals surface area contributed by atoms with E-state index in [9.17, 15) is 9.59 Å². The van der Waals surface area contributed by atoms with Crippen molar-refractivity contribution >= 4 is 11.9 Å². The Balaban J connectivity index is 1.63. The lowest BCUT2D eigenvalue weighted by molar-refractivity contribution is -0.151. The number of carboxylic acids is 1. The maximum Gasteiger partial charge on any atom is 0.332 e. The van der Waals surface area contributed by atoms with Crippen LogP contribution in [0.25, 0.3) is 0 Å². The molecule has 2 saturated heterocycles. The third-order valence-corrected chi connectivity index (χ3v) is 3.63. The molecule has 2 heterocycles. The number of aliphatic carboxylic acids is 1. The van der Waals surface area contributed by atoms with Crippen LogP contribution in [-0.2, 0) is 19.1 Å². The maximum absolute atomic E-state index is 11.8. The van der Waals surface area contributed by atoms with Gasteiger partial charge >= 0.3 is 5.97 Å². The Hall–Kier alpha value is -1.14. The largest absolute Gasteiger partial charge is 0.479 e. The first kappa shape index (κ1) is 14.3. The highest BCUT2D eigenvalue weighted by molar-refractivity contribution is 5.82. The van der Waals surface area contributed by atoms with Crippen LogP contribution in [0.3, 0.4) is 0 Å². The number of hydrogen-bond donors (Lipinski definition) is 2. The zero-order valence-electron chi connectivity index (χ0n) is 11.0. The molecule has 6 heteroatoms. The van der Waals surface area contributed by atoms with Gasteiger partial charge in [-0.25, -0.2) is 4.79 Å². The number of hydrogen-bond acceptors (Lipinski definition) is 4. The number of carbonyl (C=O) groups is 2. The van der Waals surface area contributed by atoms with E-state index in [1.807, 2.05) is 0 Å². The van der Waals surface area contributed by atoms with E-state index < -0.39 is 18.2 Å². The molecule has 3 atom stereocenters. The first-order chi connectivity index (χ1) is 9.16. The van der Waals surface area contributed by atoms with E-state index >= 15 is 0 Å². The van der Waals surface area contributed by atoms with Crippen LogP contribution in [0, 0.1) is 0 Å². The number of ether oxygens (including phenoxy) is 2. The van der Waals surface area contributed by atoms with Crippen LogP contribution in [0.2, 0.25) is 0 Å². The molecular formula is C13H21NO5. The molecule has 2 aliphatic heterocycles. The molecule has 108 valence electrons. The second kappa shape index (κ2) is 6.86. The summed E-state index contributed by atoms with van der Waals surface area (Å²) in [6.07, 6.45) is 3.83. The molecule has 19 heavy (non-hydrogen) atoms. The van der Waals surface area contributed by atoms with Crippen molar-refractivity contribution in [3.05, 3.63) is 0 Å². The molecule has 6 nitrogen and oxygen atoms in total. The highest BCUT2D eigenvalue weighted by Crippen LogP contribution is 2.20. The molecule has 0 aromatic carbocycles. The zero-order valence-corrected chi connectivity index (χ0v) is 11.0. The minimum absolute atomic E-state index is 0.209. The van der Waals surface area contributed by atoms with Crippen molar-refractivity contribution in [2.24, 2.45) is 0 Å². The summed E-state index contributed by atoms with van der Waals surface area (Å²) in [5.74, 6) is -1.20. The summed E-state index contributed by atoms with van der Waals surface area (Å²) >= 11 is 0. The van der Waals surface area contributed by atoms with Crippen LogP contribution >= 0.6 is 0 Å². The minimum Gasteiger partial charge on any atom is -0.479 e. The summed E-state index contributed by atoms with van der Waals surface area (Å²) in [6, 6.07) is 0. The van der Waals surface area contributed by atoms with Crippen LogP contribution in [0.15, 0.2) is 0 Å². The second-order valence-electron chi connectivity index (χ2n) is 5.10. The molecule has 0 aromatic rings. The first-order valence-electron chi connectivity index (χ1n) is 6.94. The SMILES string of the molecule is O=C(NCCC1CCCCO1)[C@@H]1CC[C@H](C(=O)O)O1. The van der Waals surface area contributed by atoms with Crippen molar-refractivity contribution in [2.75, 3.05) is 13.2 Å². The van der Waals surface area contributed by atoms with E-state index in [1.54, 1.807) is 0 Å². The van der Waals surface area contributed by atoms with E-state index in [1.165, 1.54) is 6.42 Å². The van der Waals surface area contributed by atoms with Gasteiger partial charge in [-0.3, -0.25) is 4.79 Å². The number of nitrogens with one attached hydrogen (secondary N) is 1. The molecule has 0 saturated carbocycles. The smallest absolute Gasteiger partial charge is 0.332 e. The van der Waals surface area contributed by atoms with Crippen molar-refractivity contribution in [3.8, 4) is 0 Å². The van der Waals surface area contributed by atoms with Gasteiger partial charge in [0, 0.05) is 13.2 Å². The molecular weight excluding hydrogens is 250 g/mol. The van der Waals surface area contributed by atoms with Crippen molar-refractivity contribution in [3.63, 3.8) is 0 Å². The molecule has 0 aromatic heterocycles. The molecule has 2 fully saturated rings. The van der Waals surface area contributed by atoms with Gasteiger partial charge in [0.15, 0.2) is 6.10 Å². The monoisotopic (exact) mass is 271 g/mol. The average molecular weight is 271 g/mol. The molecule has 1 unspecified atom stereocenters. The van der Waals surface area contributed by atoms with E-state index in [0.717, 1.165) is 25.9 Å². The van der Waals surface area contributed by atoms with Crippen LogP contribution in [0.4, 0.5) is 0 Å². The van der Waals surface area contributed by atoms with Gasteiger partial charge in [0.1, 0.15) is 6.10 Å². The predicted molar refractivity (Wildman–Crippen MR) is 66.7 cm³/mol. The summed E-state index contributed by atoms with van der Waals surface area (Å²) < 4.78 is 10.8. The molecule has 0 bridgehead atoms. The molecule has 1 amide bonds. The Morgan fingerprint density at radius 3 is 2.58 bits per heavy atom. The summed E-state index contributed by atoms with van der Waals surface area (Å²) in [7, 11) is 0. The number of rotatable bonds is 5. The van der Waals surface area contributed by atoms with Gasteiger partial charge in [-0.05, 0) is 38.5 Å². The van der Waals surface area contributed by atoms with Crippen molar-refractivity contribution in [1.29, 1.82) is 0 Å². The number of amides is 1. The summed E-state index contributed by atoms with van der Waals surface area (Å²) in [4.78, 5) is 22.5. The fourth-order valence-corrected chi connectivity index (χ4v) is 2.52. The molecule has 0 aliphatic carbocycles. The van der Waals surface area contributed by atoms with E-state index in [0.29, 0.717) is 19.4 Å². The Kier molecular flexibility index (Phi) is 5.15. The minimum atomic E-state index is -0.995. The third-order valence-electron chi connectivity index (χ3n) is 3.63. The highest BCUT2D eigenvalue weighted by Gasteiger charge is 2.34. The molecule has 2 aliphatic rings. The van der Waals surface area contributed by atoms with Crippen LogP contribution in [0.5, 0.6) is 0 Å². The molecule has 2 N–H and O–H groups in total. The van der Waals surface area contributed by atoms with Gasteiger partial charge in [0.25, 0.3) is 0 Å². The van der Waals surface area contributed by atoms with Crippen LogP contribution in [-0.4, -0.2) is 48.4 Å². The van der Waals surface area contributed by atoms with Crippen LogP contribution in [0.1, 0.15) is 38.5 Å². The lowest BCUT2D eigenvalue weighted by Crippen LogP contribution is -2.37. The fraction of sp³-hybridized carbons (Fsp3) is 0.846. The van der Waals surface area contributed by atoms with Gasteiger partial charge in [-0.1, -0.05) is 0 Å². The van der Waals surface area contributed by atoms with Crippen molar-refractivity contribution in [2.45, 2.75) is 56.8 Å². The van der Waals surface area contributed by atoms with Crippen molar-refractivity contribution in [1.82, 2.24) is 5.32 Å². The number of carbonyl (C=O) groups excluding carboxylic acids is 1. The number of carboxylic acid groups (broad SMARTS) is 1. The summed E-state index contributed by atoms with van der Waals surface area (Å²) in [5.41, 5.74) is 0. The van der Waals surface area contributed by atoms with E-state index in [2.05, 4.69) is 5.32 Å². The fourth-order valence-electron chi connectivity index (χ4n) is 2.52. The van der Waals surface area contributed by atoms with E-state index in [-0.39, 0.29) is 12.0 Å². The molecule has 2 rings (SSSR count). The lowest BCUT2D eigenvalue weighted by atomic mass is 10.1. The second-order valence-corrected chi connectivity index (χ2v) is 5.10. The topological polar surface area (TPSA) is 84.9 Å². The average Bonchev–Trinajstić information content (AvgIpc) is 2.89. The Labute approximate surface area is 112 Å². The Morgan fingerprint density at radius 1 is 1.16 bits per heavy atom. The Morgan fingerprint density at radius 2 is 1.95 bits per heavy atom. The van der Waals surface area contributed by atoms with Gasteiger partial charge in [0.05, 0.1) is 6.10 Å². The highest BCUT2D eigenvalue weighted by atomic mass is 16.5. The summed E-state index contributed by atoms with van der Waals surface area (Å²) in [6.45, 7) is 1.37. The van der Waals surface area contributed by atoms with Crippen molar-refractivity contribution < 1.29 is 24.2 Å². The van der Waals surface area contributed by atoms with E-state index in [4.69, 9.17) is 14.6 Å². The van der Waals surface area contributed by atoms with Crippen LogP contribution < -0.4 is 5.32 Å². The molecule has 0 radical (unpaired) electrons. The predicted octanol–water partition coefficient (Wildman–Crippen LogP) is 0.694. The molecule has 0 spiro atoms. The van der Waals surface area contributed by atoms with Gasteiger partial charge in [-0.15, -0.1) is 0 Å². The maximum atomic E-state index is 11.8. The normalized spacial score (nSPS) is 31.1. The standard InChI is InChI=1S/C13H21NO5/c15-12(10-4-5-11(19-10)13(16)17)14-7-6-9-3-1-2-8-18-9/h9-11H,1-8H2,(H,14,15)(H,16,17)/t9?,10-,11+/m0/s1. The van der Waals surface area contributed by atoms with Gasteiger partial charge in [0.2, 0.25) is 5.91 Å². The summed E-state index contributed by atoms with van der Waals surface area (Å²) in [5, 5.41) is 11.6. The van der Waals surface area contributed by atoms with Gasteiger partial charge in [-0.2, -0.15) is 0 Å². The zero-order chi connectivity index (χ0) is 13.7. The third kappa shape index (κ3) is 4.18. The quantitative estimate of drug-likeness (QED) is 0.768.